The van der Waals surface area contributed by atoms with E-state index in [4.69, 9.17) is 14.5 Å². The second kappa shape index (κ2) is 9.22. The van der Waals surface area contributed by atoms with E-state index in [0.29, 0.717) is 24.9 Å². The minimum atomic E-state index is -0.674. The number of hydrogen-bond acceptors (Lipinski definition) is 9. The molecule has 3 heterocycles. The van der Waals surface area contributed by atoms with Gasteiger partial charge in [0.05, 0.1) is 28.6 Å². The number of carbonyl (C=O) groups is 1. The van der Waals surface area contributed by atoms with E-state index < -0.39 is 5.82 Å². The molecule has 1 saturated carbocycles. The summed E-state index contributed by atoms with van der Waals surface area (Å²) in [4.78, 5) is 34.5. The Bertz CT molecular complexity index is 1220. The van der Waals surface area contributed by atoms with Gasteiger partial charge in [0.25, 0.3) is 5.91 Å². The summed E-state index contributed by atoms with van der Waals surface area (Å²) in [5.74, 6) is -0.140. The highest BCUT2D eigenvalue weighted by Crippen LogP contribution is 2.34. The summed E-state index contributed by atoms with van der Waals surface area (Å²) in [7, 11) is 3.22. The number of halogens is 1. The van der Waals surface area contributed by atoms with Crippen LogP contribution in [0.2, 0.25) is 0 Å². The van der Waals surface area contributed by atoms with Crippen molar-refractivity contribution in [1.82, 2.24) is 24.8 Å². The monoisotopic (exact) mass is 484 g/mol. The predicted molar refractivity (Wildman–Crippen MR) is 125 cm³/mol. The first kappa shape index (κ1) is 22.6. The van der Waals surface area contributed by atoms with Crippen LogP contribution in [0.1, 0.15) is 34.6 Å². The number of fused-ring (bicyclic) bond motifs is 1. The van der Waals surface area contributed by atoms with Gasteiger partial charge in [-0.05, 0) is 44.4 Å². The Morgan fingerprint density at radius 1 is 1.26 bits per heavy atom. The number of amides is 1. The summed E-state index contributed by atoms with van der Waals surface area (Å²) in [6.45, 7) is 3.15. The quantitative estimate of drug-likeness (QED) is 0.541. The SMILES string of the molecule is Cc1ncc(-c2nc(Oc3ccc(C(=O)N(C)C)cc3F)nc(N3CCOC4CCCC43)n2)s1. The average Bonchev–Trinajstić information content (AvgIpc) is 3.48. The first-order chi connectivity index (χ1) is 16.4. The van der Waals surface area contributed by atoms with Gasteiger partial charge in [0, 0.05) is 32.4 Å². The van der Waals surface area contributed by atoms with Crippen molar-refractivity contribution >= 4 is 23.2 Å². The zero-order chi connectivity index (χ0) is 23.8. The van der Waals surface area contributed by atoms with Crippen LogP contribution in [0.3, 0.4) is 0 Å². The lowest BCUT2D eigenvalue weighted by Gasteiger charge is -2.37. The molecule has 2 unspecified atom stereocenters. The van der Waals surface area contributed by atoms with Crippen LogP contribution < -0.4 is 9.64 Å². The molecule has 2 atom stereocenters. The molecule has 178 valence electrons. The molecule has 2 fully saturated rings. The number of benzene rings is 1. The van der Waals surface area contributed by atoms with Crippen molar-refractivity contribution < 1.29 is 18.7 Å². The molecule has 34 heavy (non-hydrogen) atoms. The minimum Gasteiger partial charge on any atom is -0.421 e. The number of aromatic nitrogens is 4. The van der Waals surface area contributed by atoms with E-state index in [9.17, 15) is 9.18 Å². The third-order valence-electron chi connectivity index (χ3n) is 5.97. The van der Waals surface area contributed by atoms with Gasteiger partial charge in [-0.15, -0.1) is 11.3 Å². The van der Waals surface area contributed by atoms with E-state index in [2.05, 4.69) is 19.9 Å². The topological polar surface area (TPSA) is 93.6 Å². The van der Waals surface area contributed by atoms with Gasteiger partial charge >= 0.3 is 6.01 Å². The Morgan fingerprint density at radius 3 is 2.85 bits per heavy atom. The number of carbonyl (C=O) groups excluding carboxylic acids is 1. The van der Waals surface area contributed by atoms with Crippen LogP contribution >= 0.6 is 11.3 Å². The molecule has 1 aromatic carbocycles. The Labute approximate surface area is 200 Å². The summed E-state index contributed by atoms with van der Waals surface area (Å²) in [5.41, 5.74) is 0.229. The Kier molecular flexibility index (Phi) is 6.13. The molecule has 2 aliphatic rings. The molecule has 1 aliphatic carbocycles. The lowest BCUT2D eigenvalue weighted by atomic mass is 10.1. The number of anilines is 1. The van der Waals surface area contributed by atoms with Crippen LogP contribution in [-0.2, 0) is 4.74 Å². The number of aryl methyl sites for hydroxylation is 1. The normalized spacial score (nSPS) is 19.7. The molecule has 0 radical (unpaired) electrons. The summed E-state index contributed by atoms with van der Waals surface area (Å²) < 4.78 is 26.5. The lowest BCUT2D eigenvalue weighted by molar-refractivity contribution is 0.0249. The number of ether oxygens (including phenoxy) is 2. The molecule has 1 amide bonds. The first-order valence-corrected chi connectivity index (χ1v) is 12.0. The van der Waals surface area contributed by atoms with E-state index in [1.807, 2.05) is 6.92 Å². The summed E-state index contributed by atoms with van der Waals surface area (Å²) in [6, 6.07) is 4.25. The fourth-order valence-corrected chi connectivity index (χ4v) is 5.05. The summed E-state index contributed by atoms with van der Waals surface area (Å²) in [5, 5.41) is 0.883. The largest absolute Gasteiger partial charge is 0.421 e. The molecular formula is C23H25FN6O3S. The average molecular weight is 485 g/mol. The Morgan fingerprint density at radius 2 is 2.12 bits per heavy atom. The highest BCUT2D eigenvalue weighted by Gasteiger charge is 2.37. The zero-order valence-electron chi connectivity index (χ0n) is 19.2. The summed E-state index contributed by atoms with van der Waals surface area (Å²) >= 11 is 1.46. The van der Waals surface area contributed by atoms with E-state index in [0.717, 1.165) is 35.2 Å². The second-order valence-corrected chi connectivity index (χ2v) is 9.77. The molecule has 11 heteroatoms. The molecule has 2 aromatic heterocycles. The predicted octanol–water partition coefficient (Wildman–Crippen LogP) is 3.69. The summed E-state index contributed by atoms with van der Waals surface area (Å²) in [6.07, 6.45) is 4.97. The van der Waals surface area contributed by atoms with Crippen molar-refractivity contribution in [2.45, 2.75) is 38.3 Å². The number of nitrogens with zero attached hydrogens (tertiary/aromatic N) is 6. The molecular weight excluding hydrogens is 459 g/mol. The van der Waals surface area contributed by atoms with Gasteiger partial charge in [-0.25, -0.2) is 9.37 Å². The minimum absolute atomic E-state index is 0.0160. The van der Waals surface area contributed by atoms with Crippen LogP contribution in [-0.4, -0.2) is 70.1 Å². The smallest absolute Gasteiger partial charge is 0.327 e. The van der Waals surface area contributed by atoms with Crippen LogP contribution in [0.15, 0.2) is 24.4 Å². The van der Waals surface area contributed by atoms with Crippen LogP contribution in [0.5, 0.6) is 11.8 Å². The van der Waals surface area contributed by atoms with Gasteiger partial charge in [0.15, 0.2) is 17.4 Å². The zero-order valence-corrected chi connectivity index (χ0v) is 20.0. The Balaban J connectivity index is 1.50. The number of thiazole rings is 1. The fourth-order valence-electron chi connectivity index (χ4n) is 4.34. The van der Waals surface area contributed by atoms with Crippen molar-refractivity contribution in [3.63, 3.8) is 0 Å². The second-order valence-electron chi connectivity index (χ2n) is 8.53. The lowest BCUT2D eigenvalue weighted by Crippen LogP contribution is -2.49. The fraction of sp³-hybridized carbons (Fsp3) is 0.435. The number of rotatable bonds is 5. The van der Waals surface area contributed by atoms with Crippen molar-refractivity contribution in [3.05, 3.63) is 40.8 Å². The molecule has 3 aromatic rings. The van der Waals surface area contributed by atoms with Gasteiger partial charge in [0.2, 0.25) is 5.95 Å². The maximum Gasteiger partial charge on any atom is 0.327 e. The van der Waals surface area contributed by atoms with Gasteiger partial charge in [-0.2, -0.15) is 15.0 Å². The molecule has 0 N–H and O–H groups in total. The first-order valence-electron chi connectivity index (χ1n) is 11.2. The molecule has 1 aliphatic heterocycles. The van der Waals surface area contributed by atoms with E-state index in [1.54, 1.807) is 20.3 Å². The maximum atomic E-state index is 14.8. The molecule has 0 spiro atoms. The third-order valence-corrected chi connectivity index (χ3v) is 6.88. The van der Waals surface area contributed by atoms with Crippen LogP contribution in [0, 0.1) is 12.7 Å². The van der Waals surface area contributed by atoms with Gasteiger partial charge in [0.1, 0.15) is 0 Å². The van der Waals surface area contributed by atoms with Crippen LogP contribution in [0.25, 0.3) is 10.7 Å². The van der Waals surface area contributed by atoms with E-state index in [-0.39, 0.29) is 35.4 Å². The number of hydrogen-bond donors (Lipinski definition) is 0. The van der Waals surface area contributed by atoms with Crippen molar-refractivity contribution in [3.8, 4) is 22.5 Å². The maximum absolute atomic E-state index is 14.8. The molecule has 9 nitrogen and oxygen atoms in total. The van der Waals surface area contributed by atoms with Gasteiger partial charge < -0.3 is 19.3 Å². The Hall–Kier alpha value is -3.18. The molecule has 0 bridgehead atoms. The molecule has 1 saturated heterocycles. The van der Waals surface area contributed by atoms with Crippen LogP contribution in [0.4, 0.5) is 10.3 Å². The van der Waals surface area contributed by atoms with Crippen molar-refractivity contribution in [2.75, 3.05) is 32.1 Å². The van der Waals surface area contributed by atoms with Crippen molar-refractivity contribution in [1.29, 1.82) is 0 Å². The van der Waals surface area contributed by atoms with E-state index in [1.165, 1.54) is 28.4 Å². The molecule has 5 rings (SSSR count). The number of morpholine rings is 1. The van der Waals surface area contributed by atoms with Gasteiger partial charge in [-0.3, -0.25) is 4.79 Å². The van der Waals surface area contributed by atoms with Gasteiger partial charge in [-0.1, -0.05) is 0 Å². The third kappa shape index (κ3) is 4.45. The highest BCUT2D eigenvalue weighted by molar-refractivity contribution is 7.14. The standard InChI is InChI=1S/C23H25FN6O3S/c1-13-25-12-19(34-13)20-26-22(30-9-10-32-18-6-4-5-16(18)30)28-23(27-20)33-17-8-7-14(11-15(17)24)21(31)29(2)3/h7-8,11-12,16,18H,4-6,9-10H2,1-3H3. The van der Waals surface area contributed by atoms with Crippen molar-refractivity contribution in [2.24, 2.45) is 0 Å². The van der Waals surface area contributed by atoms with E-state index >= 15 is 0 Å². The highest BCUT2D eigenvalue weighted by atomic mass is 32.1.